The Morgan fingerprint density at radius 2 is 2.08 bits per heavy atom. The largest absolute Gasteiger partial charge is 0.444 e. The summed E-state index contributed by atoms with van der Waals surface area (Å²) in [5.74, 6) is 0.262. The molecule has 130 valence electrons. The Labute approximate surface area is 142 Å². The molecule has 2 aromatic heterocycles. The first kappa shape index (κ1) is 18.1. The first-order valence-electron chi connectivity index (χ1n) is 7.82. The SMILES string of the molecule is COCCN(CCN(C)C)C(=O)c1coc(-c2ccnc(C)c2)n1. The van der Waals surface area contributed by atoms with E-state index in [9.17, 15) is 4.79 Å². The summed E-state index contributed by atoms with van der Waals surface area (Å²) in [6, 6.07) is 3.68. The number of methoxy groups -OCH3 is 1. The second-order valence-electron chi connectivity index (χ2n) is 5.81. The van der Waals surface area contributed by atoms with Crippen molar-refractivity contribution in [1.82, 2.24) is 19.8 Å². The van der Waals surface area contributed by atoms with Gasteiger partial charge >= 0.3 is 0 Å². The highest BCUT2D eigenvalue weighted by atomic mass is 16.5. The van der Waals surface area contributed by atoms with E-state index in [4.69, 9.17) is 9.15 Å². The molecule has 0 aliphatic carbocycles. The standard InChI is InChI=1S/C17H24N4O3/c1-13-11-14(5-6-18-13)16-19-15(12-24-16)17(22)21(9-10-23-4)8-7-20(2)3/h5-6,11-12H,7-10H2,1-4H3. The number of amides is 1. The number of aryl methyl sites for hydroxylation is 1. The van der Waals surface area contributed by atoms with Crippen LogP contribution in [-0.2, 0) is 4.74 Å². The van der Waals surface area contributed by atoms with E-state index in [-0.39, 0.29) is 5.91 Å². The Morgan fingerprint density at radius 3 is 2.75 bits per heavy atom. The first-order valence-corrected chi connectivity index (χ1v) is 7.82. The fourth-order valence-corrected chi connectivity index (χ4v) is 2.18. The van der Waals surface area contributed by atoms with Gasteiger partial charge in [0.1, 0.15) is 6.26 Å². The molecule has 0 saturated heterocycles. The van der Waals surface area contributed by atoms with Gasteiger partial charge in [-0.3, -0.25) is 9.78 Å². The number of nitrogens with zero attached hydrogens (tertiary/aromatic N) is 4. The van der Waals surface area contributed by atoms with Crippen molar-refractivity contribution in [3.63, 3.8) is 0 Å². The first-order chi connectivity index (χ1) is 11.5. The van der Waals surface area contributed by atoms with Crippen LogP contribution in [0, 0.1) is 6.92 Å². The van der Waals surface area contributed by atoms with Gasteiger partial charge in [0.15, 0.2) is 5.69 Å². The number of rotatable bonds is 8. The van der Waals surface area contributed by atoms with Gasteiger partial charge in [-0.15, -0.1) is 0 Å². The van der Waals surface area contributed by atoms with Gasteiger partial charge in [-0.05, 0) is 33.2 Å². The molecule has 0 atom stereocenters. The molecule has 0 spiro atoms. The Balaban J connectivity index is 2.14. The van der Waals surface area contributed by atoms with Crippen molar-refractivity contribution in [3.8, 4) is 11.5 Å². The molecular formula is C17H24N4O3. The third kappa shape index (κ3) is 4.87. The average molecular weight is 332 g/mol. The molecule has 0 bridgehead atoms. The van der Waals surface area contributed by atoms with Gasteiger partial charge < -0.3 is 19.0 Å². The fraction of sp³-hybridized carbons (Fsp3) is 0.471. The van der Waals surface area contributed by atoms with Gasteiger partial charge in [-0.1, -0.05) is 0 Å². The van der Waals surface area contributed by atoms with E-state index < -0.39 is 0 Å². The van der Waals surface area contributed by atoms with Crippen LogP contribution >= 0.6 is 0 Å². The minimum atomic E-state index is -0.158. The third-order valence-corrected chi connectivity index (χ3v) is 3.54. The van der Waals surface area contributed by atoms with Gasteiger partial charge in [0.05, 0.1) is 6.61 Å². The summed E-state index contributed by atoms with van der Waals surface area (Å²) in [5, 5.41) is 0. The number of ether oxygens (including phenoxy) is 1. The van der Waals surface area contributed by atoms with Crippen molar-refractivity contribution >= 4 is 5.91 Å². The maximum atomic E-state index is 12.7. The predicted octanol–water partition coefficient (Wildman–Crippen LogP) is 1.70. The highest BCUT2D eigenvalue weighted by Crippen LogP contribution is 2.19. The van der Waals surface area contributed by atoms with Gasteiger partial charge in [0.25, 0.3) is 5.91 Å². The molecule has 0 aliphatic rings. The fourth-order valence-electron chi connectivity index (χ4n) is 2.18. The quantitative estimate of drug-likeness (QED) is 0.733. The summed E-state index contributed by atoms with van der Waals surface area (Å²) >= 11 is 0. The molecule has 7 nitrogen and oxygen atoms in total. The van der Waals surface area contributed by atoms with Crippen LogP contribution in [0.5, 0.6) is 0 Å². The van der Waals surface area contributed by atoms with Crippen molar-refractivity contribution in [3.05, 3.63) is 36.0 Å². The van der Waals surface area contributed by atoms with Crippen LogP contribution in [0.15, 0.2) is 29.0 Å². The number of oxazole rings is 1. The van der Waals surface area contributed by atoms with Gasteiger partial charge in [0, 0.05) is 44.2 Å². The Bertz CT molecular complexity index is 669. The molecule has 0 fully saturated rings. The van der Waals surface area contributed by atoms with Crippen molar-refractivity contribution in [2.24, 2.45) is 0 Å². The average Bonchev–Trinajstić information content (AvgIpc) is 3.04. The number of pyridine rings is 1. The van der Waals surface area contributed by atoms with Crippen LogP contribution in [0.1, 0.15) is 16.2 Å². The lowest BCUT2D eigenvalue weighted by atomic mass is 10.2. The van der Waals surface area contributed by atoms with E-state index in [1.54, 1.807) is 18.2 Å². The third-order valence-electron chi connectivity index (χ3n) is 3.54. The second-order valence-corrected chi connectivity index (χ2v) is 5.81. The van der Waals surface area contributed by atoms with E-state index in [2.05, 4.69) is 9.97 Å². The van der Waals surface area contributed by atoms with Crippen LogP contribution in [0.3, 0.4) is 0 Å². The summed E-state index contributed by atoms with van der Waals surface area (Å²) in [4.78, 5) is 24.9. The second kappa shape index (κ2) is 8.56. The van der Waals surface area contributed by atoms with Crippen molar-refractivity contribution in [2.45, 2.75) is 6.92 Å². The van der Waals surface area contributed by atoms with Crippen LogP contribution in [0.2, 0.25) is 0 Å². The summed E-state index contributed by atoms with van der Waals surface area (Å²) in [7, 11) is 5.56. The number of aromatic nitrogens is 2. The summed E-state index contributed by atoms with van der Waals surface area (Å²) in [5.41, 5.74) is 1.97. The zero-order valence-electron chi connectivity index (χ0n) is 14.7. The molecule has 0 saturated carbocycles. The van der Waals surface area contributed by atoms with Crippen LogP contribution in [0.4, 0.5) is 0 Å². The summed E-state index contributed by atoms with van der Waals surface area (Å²) < 4.78 is 10.6. The van der Waals surface area contributed by atoms with Crippen LogP contribution < -0.4 is 0 Å². The van der Waals surface area contributed by atoms with E-state index in [0.717, 1.165) is 17.8 Å². The topological polar surface area (TPSA) is 71.7 Å². The summed E-state index contributed by atoms with van der Waals surface area (Å²) in [6.07, 6.45) is 3.10. The van der Waals surface area contributed by atoms with Crippen LogP contribution in [-0.4, -0.2) is 73.1 Å². The molecule has 24 heavy (non-hydrogen) atoms. The lowest BCUT2D eigenvalue weighted by Crippen LogP contribution is -2.38. The zero-order valence-corrected chi connectivity index (χ0v) is 14.7. The number of carbonyl (C=O) groups is 1. The normalized spacial score (nSPS) is 11.0. The van der Waals surface area contributed by atoms with Crippen molar-refractivity contribution in [2.75, 3.05) is 47.4 Å². The minimum Gasteiger partial charge on any atom is -0.444 e. The molecular weight excluding hydrogens is 308 g/mol. The highest BCUT2D eigenvalue weighted by Gasteiger charge is 2.20. The number of carbonyl (C=O) groups excluding carboxylic acids is 1. The molecule has 2 aromatic rings. The Kier molecular flexibility index (Phi) is 6.45. The lowest BCUT2D eigenvalue weighted by Gasteiger charge is -2.23. The summed E-state index contributed by atoms with van der Waals surface area (Å²) in [6.45, 7) is 4.26. The van der Waals surface area contributed by atoms with Crippen molar-refractivity contribution < 1.29 is 13.9 Å². The molecule has 1 amide bonds. The molecule has 2 heterocycles. The van der Waals surface area contributed by atoms with E-state index >= 15 is 0 Å². The van der Waals surface area contributed by atoms with Gasteiger partial charge in [-0.25, -0.2) is 4.98 Å². The molecule has 0 unspecified atom stereocenters. The van der Waals surface area contributed by atoms with Gasteiger partial charge in [0.2, 0.25) is 5.89 Å². The maximum absolute atomic E-state index is 12.7. The Morgan fingerprint density at radius 1 is 1.29 bits per heavy atom. The molecule has 0 aliphatic heterocycles. The van der Waals surface area contributed by atoms with E-state index in [1.807, 2.05) is 38.1 Å². The molecule has 7 heteroatoms. The van der Waals surface area contributed by atoms with Crippen molar-refractivity contribution in [1.29, 1.82) is 0 Å². The number of hydrogen-bond acceptors (Lipinski definition) is 6. The molecule has 0 N–H and O–H groups in total. The smallest absolute Gasteiger partial charge is 0.275 e. The lowest BCUT2D eigenvalue weighted by molar-refractivity contribution is 0.0677. The maximum Gasteiger partial charge on any atom is 0.275 e. The Hall–Kier alpha value is -2.25. The molecule has 0 radical (unpaired) electrons. The minimum absolute atomic E-state index is 0.158. The number of likely N-dealkylation sites (N-methyl/N-ethyl adjacent to an activating group) is 1. The van der Waals surface area contributed by atoms with E-state index in [1.165, 1.54) is 6.26 Å². The highest BCUT2D eigenvalue weighted by molar-refractivity contribution is 5.92. The van der Waals surface area contributed by atoms with Crippen LogP contribution in [0.25, 0.3) is 11.5 Å². The molecule has 0 aromatic carbocycles. The van der Waals surface area contributed by atoms with E-state index in [0.29, 0.717) is 31.3 Å². The predicted molar refractivity (Wildman–Crippen MR) is 90.8 cm³/mol. The number of hydrogen-bond donors (Lipinski definition) is 0. The van der Waals surface area contributed by atoms with Gasteiger partial charge in [-0.2, -0.15) is 0 Å². The molecule has 2 rings (SSSR count). The zero-order chi connectivity index (χ0) is 17.5. The monoisotopic (exact) mass is 332 g/mol.